The van der Waals surface area contributed by atoms with Crippen molar-refractivity contribution in [1.82, 2.24) is 4.98 Å². The van der Waals surface area contributed by atoms with Crippen LogP contribution in [0.3, 0.4) is 0 Å². The number of anilines is 1. The highest BCUT2D eigenvalue weighted by Gasteiger charge is 2.08. The highest BCUT2D eigenvalue weighted by molar-refractivity contribution is 14.1. The molecule has 0 saturated heterocycles. The van der Waals surface area contributed by atoms with Crippen molar-refractivity contribution in [2.24, 2.45) is 0 Å². The van der Waals surface area contributed by atoms with Crippen molar-refractivity contribution in [1.29, 1.82) is 0 Å². The lowest BCUT2D eigenvalue weighted by molar-refractivity contribution is 0.102. The van der Waals surface area contributed by atoms with E-state index in [-0.39, 0.29) is 5.91 Å². The van der Waals surface area contributed by atoms with Gasteiger partial charge in [0.15, 0.2) is 0 Å². The van der Waals surface area contributed by atoms with Crippen molar-refractivity contribution in [3.05, 3.63) is 51.2 Å². The van der Waals surface area contributed by atoms with E-state index in [2.05, 4.69) is 39.8 Å². The summed E-state index contributed by atoms with van der Waals surface area (Å²) in [5, 5.41) is 2.80. The number of ether oxygens (including phenoxy) is 1. The number of halogens is 1. The Balaban J connectivity index is 1.98. The molecule has 116 valence electrons. The number of unbranched alkanes of at least 4 members (excludes halogenated alkanes) is 1. The van der Waals surface area contributed by atoms with E-state index in [1.54, 1.807) is 18.2 Å². The van der Waals surface area contributed by atoms with Crippen LogP contribution in [0.1, 0.15) is 35.8 Å². The number of pyridine rings is 1. The molecule has 1 amide bonds. The SMILES string of the molecule is CCCCOc1ccc(C(=O)Nc2ccc(I)c(C)n2)cc1. The Morgan fingerprint density at radius 3 is 2.59 bits per heavy atom. The first-order valence-electron chi connectivity index (χ1n) is 7.27. The van der Waals surface area contributed by atoms with Crippen molar-refractivity contribution in [3.8, 4) is 5.75 Å². The molecule has 0 bridgehead atoms. The van der Waals surface area contributed by atoms with Crippen molar-refractivity contribution in [2.45, 2.75) is 26.7 Å². The summed E-state index contributed by atoms with van der Waals surface area (Å²) in [6.45, 7) is 4.74. The molecule has 0 aliphatic rings. The average molecular weight is 410 g/mol. The molecule has 0 fully saturated rings. The third kappa shape index (κ3) is 4.69. The summed E-state index contributed by atoms with van der Waals surface area (Å²) in [4.78, 5) is 16.5. The standard InChI is InChI=1S/C17H19IN2O2/c1-3-4-11-22-14-7-5-13(6-8-14)17(21)20-16-10-9-15(18)12(2)19-16/h5-10H,3-4,11H2,1-2H3,(H,19,20,21). The Labute approximate surface area is 144 Å². The molecule has 0 radical (unpaired) electrons. The molecule has 1 heterocycles. The summed E-state index contributed by atoms with van der Waals surface area (Å²) >= 11 is 2.21. The number of benzene rings is 1. The zero-order valence-electron chi connectivity index (χ0n) is 12.7. The van der Waals surface area contributed by atoms with Gasteiger partial charge in [-0.1, -0.05) is 13.3 Å². The van der Waals surface area contributed by atoms with Crippen LogP contribution >= 0.6 is 22.6 Å². The molecule has 0 atom stereocenters. The Hall–Kier alpha value is -1.63. The molecule has 0 aliphatic heterocycles. The number of hydrogen-bond acceptors (Lipinski definition) is 3. The van der Waals surface area contributed by atoms with Crippen LogP contribution in [0.4, 0.5) is 5.82 Å². The van der Waals surface area contributed by atoms with Gasteiger partial charge in [0.2, 0.25) is 0 Å². The molecule has 0 spiro atoms. The maximum atomic E-state index is 12.2. The normalized spacial score (nSPS) is 10.3. The van der Waals surface area contributed by atoms with E-state index in [1.165, 1.54) is 0 Å². The number of hydrogen-bond donors (Lipinski definition) is 1. The predicted octanol–water partition coefficient (Wildman–Crippen LogP) is 4.43. The van der Waals surface area contributed by atoms with Crippen LogP contribution in [0.15, 0.2) is 36.4 Å². The summed E-state index contributed by atoms with van der Waals surface area (Å²) in [7, 11) is 0. The van der Waals surface area contributed by atoms with Crippen LogP contribution in [-0.4, -0.2) is 17.5 Å². The summed E-state index contributed by atoms with van der Waals surface area (Å²) in [6, 6.07) is 10.9. The third-order valence-electron chi connectivity index (χ3n) is 3.15. The molecule has 2 rings (SSSR count). The molecule has 0 aliphatic carbocycles. The van der Waals surface area contributed by atoms with Gasteiger partial charge in [0.1, 0.15) is 11.6 Å². The van der Waals surface area contributed by atoms with Gasteiger partial charge in [0.05, 0.1) is 12.3 Å². The largest absolute Gasteiger partial charge is 0.494 e. The van der Waals surface area contributed by atoms with Crippen LogP contribution in [0.2, 0.25) is 0 Å². The molecule has 1 aromatic heterocycles. The second-order valence-corrected chi connectivity index (χ2v) is 6.11. The number of rotatable bonds is 6. The van der Waals surface area contributed by atoms with Gasteiger partial charge in [-0.2, -0.15) is 0 Å². The first kappa shape index (κ1) is 16.7. The van der Waals surface area contributed by atoms with Gasteiger partial charge in [-0.25, -0.2) is 4.98 Å². The smallest absolute Gasteiger partial charge is 0.256 e. The van der Waals surface area contributed by atoms with Gasteiger partial charge in [-0.05, 0) is 72.3 Å². The minimum atomic E-state index is -0.173. The fraction of sp³-hybridized carbons (Fsp3) is 0.294. The maximum absolute atomic E-state index is 12.2. The van der Waals surface area contributed by atoms with Crippen LogP contribution in [-0.2, 0) is 0 Å². The van der Waals surface area contributed by atoms with E-state index in [0.29, 0.717) is 18.0 Å². The highest BCUT2D eigenvalue weighted by atomic mass is 127. The van der Waals surface area contributed by atoms with E-state index in [4.69, 9.17) is 4.74 Å². The molecule has 4 nitrogen and oxygen atoms in total. The van der Waals surface area contributed by atoms with E-state index < -0.39 is 0 Å². The van der Waals surface area contributed by atoms with Gasteiger partial charge in [0.25, 0.3) is 5.91 Å². The topological polar surface area (TPSA) is 51.2 Å². The van der Waals surface area contributed by atoms with Crippen molar-refractivity contribution >= 4 is 34.3 Å². The summed E-state index contributed by atoms with van der Waals surface area (Å²) in [6.07, 6.45) is 2.13. The molecule has 1 N–H and O–H groups in total. The monoisotopic (exact) mass is 410 g/mol. The van der Waals surface area contributed by atoms with Crippen molar-refractivity contribution in [3.63, 3.8) is 0 Å². The maximum Gasteiger partial charge on any atom is 0.256 e. The summed E-state index contributed by atoms with van der Waals surface area (Å²) in [5.41, 5.74) is 1.49. The van der Waals surface area contributed by atoms with Crippen LogP contribution < -0.4 is 10.1 Å². The second kappa shape index (κ2) is 8.12. The van der Waals surface area contributed by atoms with Crippen molar-refractivity contribution < 1.29 is 9.53 Å². The molecule has 22 heavy (non-hydrogen) atoms. The van der Waals surface area contributed by atoms with Gasteiger partial charge in [-0.15, -0.1) is 0 Å². The molecular weight excluding hydrogens is 391 g/mol. The van der Waals surface area contributed by atoms with Crippen molar-refractivity contribution in [2.75, 3.05) is 11.9 Å². The number of nitrogens with one attached hydrogen (secondary N) is 1. The van der Waals surface area contributed by atoms with Gasteiger partial charge < -0.3 is 10.1 Å². The van der Waals surface area contributed by atoms with Gasteiger partial charge in [0, 0.05) is 9.13 Å². The summed E-state index contributed by atoms with van der Waals surface area (Å²) in [5.74, 6) is 1.17. The Morgan fingerprint density at radius 2 is 1.95 bits per heavy atom. The van der Waals surface area contributed by atoms with E-state index in [1.807, 2.05) is 25.1 Å². The number of nitrogens with zero attached hydrogens (tertiary/aromatic N) is 1. The first-order chi connectivity index (χ1) is 10.6. The number of carbonyl (C=O) groups is 1. The van der Waals surface area contributed by atoms with Gasteiger partial charge in [-0.3, -0.25) is 4.79 Å². The van der Waals surface area contributed by atoms with E-state index in [9.17, 15) is 4.79 Å². The first-order valence-corrected chi connectivity index (χ1v) is 8.35. The number of carbonyl (C=O) groups excluding carboxylic acids is 1. The van der Waals surface area contributed by atoms with Gasteiger partial charge >= 0.3 is 0 Å². The lowest BCUT2D eigenvalue weighted by Crippen LogP contribution is -2.13. The molecule has 0 saturated carbocycles. The summed E-state index contributed by atoms with van der Waals surface area (Å²) < 4.78 is 6.66. The zero-order chi connectivity index (χ0) is 15.9. The van der Waals surface area contributed by atoms with Crippen LogP contribution in [0.25, 0.3) is 0 Å². The Kier molecular flexibility index (Phi) is 6.18. The second-order valence-electron chi connectivity index (χ2n) is 4.94. The Bertz CT molecular complexity index is 642. The molecule has 0 unspecified atom stereocenters. The highest BCUT2D eigenvalue weighted by Crippen LogP contribution is 2.16. The molecule has 5 heteroatoms. The van der Waals surface area contributed by atoms with E-state index in [0.717, 1.165) is 27.9 Å². The average Bonchev–Trinajstić information content (AvgIpc) is 2.52. The number of aryl methyl sites for hydroxylation is 1. The quantitative estimate of drug-likeness (QED) is 0.567. The Morgan fingerprint density at radius 1 is 1.23 bits per heavy atom. The molecule has 1 aromatic carbocycles. The minimum Gasteiger partial charge on any atom is -0.494 e. The predicted molar refractivity (Wildman–Crippen MR) is 96.5 cm³/mol. The molecule has 2 aromatic rings. The fourth-order valence-electron chi connectivity index (χ4n) is 1.84. The number of aromatic nitrogens is 1. The van der Waals surface area contributed by atoms with E-state index >= 15 is 0 Å². The lowest BCUT2D eigenvalue weighted by atomic mass is 10.2. The van der Waals surface area contributed by atoms with Crippen LogP contribution in [0, 0.1) is 10.5 Å². The number of amides is 1. The lowest BCUT2D eigenvalue weighted by Gasteiger charge is -2.08. The molecular formula is C17H19IN2O2. The third-order valence-corrected chi connectivity index (χ3v) is 4.29. The fourth-order valence-corrected chi connectivity index (χ4v) is 2.14. The zero-order valence-corrected chi connectivity index (χ0v) is 14.9. The minimum absolute atomic E-state index is 0.173. The van der Waals surface area contributed by atoms with Crippen LogP contribution in [0.5, 0.6) is 5.75 Å².